The molecule has 2 rings (SSSR count). The van der Waals surface area contributed by atoms with Crippen LogP contribution >= 0.6 is 23.2 Å². The molecule has 2 N–H and O–H groups in total. The molecular formula is C22H24Cl2N4O4. The molecule has 0 unspecified atom stereocenters. The van der Waals surface area contributed by atoms with E-state index >= 15 is 0 Å². The lowest BCUT2D eigenvalue weighted by Crippen LogP contribution is -2.30. The lowest BCUT2D eigenvalue weighted by molar-refractivity contribution is -0.126. The fourth-order valence-electron chi connectivity index (χ4n) is 2.29. The third-order valence-corrected chi connectivity index (χ3v) is 4.44. The number of unbranched alkanes of at least 4 members (excludes halogenated alkanes) is 1. The minimum Gasteiger partial charge on any atom is -0.386 e. The highest BCUT2D eigenvalue weighted by Crippen LogP contribution is 2.08. The van der Waals surface area contributed by atoms with Crippen LogP contribution in [0.15, 0.2) is 58.8 Å². The van der Waals surface area contributed by atoms with E-state index in [9.17, 15) is 9.59 Å². The molecule has 8 nitrogen and oxygen atoms in total. The summed E-state index contributed by atoms with van der Waals surface area (Å²) in [4.78, 5) is 33.3. The molecule has 170 valence electrons. The minimum atomic E-state index is -0.269. The van der Waals surface area contributed by atoms with Gasteiger partial charge in [-0.05, 0) is 48.2 Å². The van der Waals surface area contributed by atoms with Gasteiger partial charge in [-0.25, -0.2) is 0 Å². The summed E-state index contributed by atoms with van der Waals surface area (Å²) in [6, 6.07) is 14.1. The smallest absolute Gasteiger partial charge is 0.260 e. The van der Waals surface area contributed by atoms with Crippen molar-refractivity contribution in [2.24, 2.45) is 10.3 Å². The number of halogens is 2. The van der Waals surface area contributed by atoms with E-state index in [0.717, 1.165) is 11.1 Å². The van der Waals surface area contributed by atoms with Crippen LogP contribution in [0.5, 0.6) is 0 Å². The summed E-state index contributed by atoms with van der Waals surface area (Å²) in [6.45, 7) is 0.602. The zero-order chi connectivity index (χ0) is 23.0. The van der Waals surface area contributed by atoms with Crippen molar-refractivity contribution in [2.45, 2.75) is 12.8 Å². The van der Waals surface area contributed by atoms with Gasteiger partial charge in [-0.1, -0.05) is 57.8 Å². The molecule has 0 saturated carbocycles. The molecule has 32 heavy (non-hydrogen) atoms. The lowest BCUT2D eigenvalue weighted by atomic mass is 10.2. The average Bonchev–Trinajstić information content (AvgIpc) is 2.79. The van der Waals surface area contributed by atoms with E-state index in [1.165, 1.54) is 12.4 Å². The molecule has 0 bridgehead atoms. The Morgan fingerprint density at radius 2 is 1.09 bits per heavy atom. The Morgan fingerprint density at radius 3 is 1.47 bits per heavy atom. The van der Waals surface area contributed by atoms with Crippen LogP contribution < -0.4 is 10.6 Å². The van der Waals surface area contributed by atoms with Crippen LogP contribution in [0.25, 0.3) is 0 Å². The van der Waals surface area contributed by atoms with E-state index in [0.29, 0.717) is 36.0 Å². The van der Waals surface area contributed by atoms with Crippen molar-refractivity contribution in [1.29, 1.82) is 0 Å². The molecule has 0 fully saturated rings. The zero-order valence-corrected chi connectivity index (χ0v) is 18.8. The molecule has 0 atom stereocenters. The van der Waals surface area contributed by atoms with Crippen molar-refractivity contribution < 1.29 is 19.3 Å². The number of oxime groups is 2. The fraction of sp³-hybridized carbons (Fsp3) is 0.273. The quantitative estimate of drug-likeness (QED) is 0.261. The number of hydrogen-bond donors (Lipinski definition) is 2. The first-order valence-corrected chi connectivity index (χ1v) is 10.6. The first-order valence-electron chi connectivity index (χ1n) is 9.88. The Bertz CT molecular complexity index is 828. The maximum absolute atomic E-state index is 11.7. The molecule has 10 heteroatoms. The van der Waals surface area contributed by atoms with Gasteiger partial charge >= 0.3 is 0 Å². The monoisotopic (exact) mass is 478 g/mol. The van der Waals surface area contributed by atoms with Crippen molar-refractivity contribution >= 4 is 47.4 Å². The van der Waals surface area contributed by atoms with Crippen molar-refractivity contribution in [3.8, 4) is 0 Å². The fourth-order valence-corrected chi connectivity index (χ4v) is 2.55. The van der Waals surface area contributed by atoms with E-state index in [1.807, 2.05) is 0 Å². The second-order valence-electron chi connectivity index (χ2n) is 6.53. The number of nitrogens with one attached hydrogen (secondary N) is 2. The SMILES string of the molecule is O=C(CON=Cc1ccc(Cl)cc1)NCCCCNC(=O)CON=Cc1ccc(Cl)cc1. The van der Waals surface area contributed by atoms with Gasteiger partial charge in [0.05, 0.1) is 12.4 Å². The van der Waals surface area contributed by atoms with Crippen LogP contribution in [0.4, 0.5) is 0 Å². The molecule has 0 aromatic heterocycles. The molecule has 0 heterocycles. The molecule has 0 aliphatic carbocycles. The molecule has 0 radical (unpaired) electrons. The topological polar surface area (TPSA) is 101 Å². The summed E-state index contributed by atoms with van der Waals surface area (Å²) in [5.74, 6) is -0.538. The van der Waals surface area contributed by atoms with Gasteiger partial charge in [-0.2, -0.15) is 0 Å². The minimum absolute atomic E-state index is 0.172. The summed E-state index contributed by atoms with van der Waals surface area (Å²) in [5.41, 5.74) is 1.63. The standard InChI is InChI=1S/C22H24Cl2N4O4/c23-19-7-3-17(4-8-19)13-27-31-15-21(29)25-11-1-2-12-26-22(30)16-32-28-14-18-5-9-20(24)10-6-18/h3-10,13-14H,1-2,11-12,15-16H2,(H,25,29)(H,26,30). The second-order valence-corrected chi connectivity index (χ2v) is 7.40. The van der Waals surface area contributed by atoms with Gasteiger partial charge in [0, 0.05) is 23.1 Å². The largest absolute Gasteiger partial charge is 0.386 e. The van der Waals surface area contributed by atoms with Gasteiger partial charge < -0.3 is 20.3 Å². The third kappa shape index (κ3) is 11.3. The Labute approximate surface area is 196 Å². The van der Waals surface area contributed by atoms with Gasteiger partial charge in [-0.3, -0.25) is 9.59 Å². The van der Waals surface area contributed by atoms with Crippen LogP contribution in [0.2, 0.25) is 10.0 Å². The van der Waals surface area contributed by atoms with Gasteiger partial charge in [0.25, 0.3) is 11.8 Å². The lowest BCUT2D eigenvalue weighted by Gasteiger charge is -2.06. The Hall–Kier alpha value is -3.10. The van der Waals surface area contributed by atoms with Gasteiger partial charge in [0.1, 0.15) is 0 Å². The normalized spacial score (nSPS) is 10.9. The van der Waals surface area contributed by atoms with Crippen molar-refractivity contribution in [1.82, 2.24) is 10.6 Å². The number of carbonyl (C=O) groups is 2. The Morgan fingerprint density at radius 1 is 0.719 bits per heavy atom. The highest BCUT2D eigenvalue weighted by atomic mass is 35.5. The highest BCUT2D eigenvalue weighted by Gasteiger charge is 2.02. The van der Waals surface area contributed by atoms with Crippen molar-refractivity contribution in [3.63, 3.8) is 0 Å². The number of carbonyl (C=O) groups excluding carboxylic acids is 2. The van der Waals surface area contributed by atoms with Crippen LogP contribution in [0.1, 0.15) is 24.0 Å². The maximum Gasteiger partial charge on any atom is 0.260 e. The van der Waals surface area contributed by atoms with Crippen LogP contribution in [0, 0.1) is 0 Å². The predicted molar refractivity (Wildman–Crippen MR) is 125 cm³/mol. The number of amides is 2. The molecule has 0 aliphatic heterocycles. The first-order chi connectivity index (χ1) is 15.5. The average molecular weight is 479 g/mol. The van der Waals surface area contributed by atoms with Crippen molar-refractivity contribution in [3.05, 3.63) is 69.7 Å². The summed E-state index contributed by atoms with van der Waals surface area (Å²) in [5, 5.41) is 14.2. The van der Waals surface area contributed by atoms with E-state index in [2.05, 4.69) is 20.9 Å². The Kier molecular flexibility index (Phi) is 11.7. The van der Waals surface area contributed by atoms with E-state index in [4.69, 9.17) is 32.9 Å². The molecule has 0 spiro atoms. The van der Waals surface area contributed by atoms with Crippen LogP contribution in [-0.4, -0.2) is 50.5 Å². The number of nitrogens with zero attached hydrogens (tertiary/aromatic N) is 2. The van der Waals surface area contributed by atoms with Crippen LogP contribution in [-0.2, 0) is 19.3 Å². The molecule has 2 aromatic rings. The maximum atomic E-state index is 11.7. The molecular weight excluding hydrogens is 455 g/mol. The second kappa shape index (κ2) is 14.8. The van der Waals surface area contributed by atoms with Gasteiger partial charge in [-0.15, -0.1) is 0 Å². The summed E-state index contributed by atoms with van der Waals surface area (Å²) in [7, 11) is 0. The molecule has 0 saturated heterocycles. The Balaban J connectivity index is 1.44. The summed E-state index contributed by atoms with van der Waals surface area (Å²) in [6.07, 6.45) is 4.41. The predicted octanol–water partition coefficient (Wildman–Crippen LogP) is 3.41. The van der Waals surface area contributed by atoms with Gasteiger partial charge in [0.2, 0.25) is 0 Å². The van der Waals surface area contributed by atoms with Crippen molar-refractivity contribution in [2.75, 3.05) is 26.3 Å². The molecule has 0 aliphatic rings. The van der Waals surface area contributed by atoms with E-state index in [1.54, 1.807) is 48.5 Å². The third-order valence-electron chi connectivity index (χ3n) is 3.93. The zero-order valence-electron chi connectivity index (χ0n) is 17.3. The highest BCUT2D eigenvalue weighted by molar-refractivity contribution is 6.30. The first kappa shape index (κ1) is 25.2. The number of hydrogen-bond acceptors (Lipinski definition) is 6. The number of benzene rings is 2. The van der Waals surface area contributed by atoms with Gasteiger partial charge in [0.15, 0.2) is 13.2 Å². The summed E-state index contributed by atoms with van der Waals surface area (Å²) < 4.78 is 0. The van der Waals surface area contributed by atoms with Crippen LogP contribution in [0.3, 0.4) is 0 Å². The van der Waals surface area contributed by atoms with E-state index < -0.39 is 0 Å². The summed E-state index contributed by atoms with van der Waals surface area (Å²) >= 11 is 11.6. The van der Waals surface area contributed by atoms with E-state index in [-0.39, 0.29) is 25.0 Å². The number of rotatable bonds is 13. The molecule has 2 amide bonds. The molecule has 2 aromatic carbocycles.